The topological polar surface area (TPSA) is 48.1 Å². The lowest BCUT2D eigenvalue weighted by Crippen LogP contribution is -2.32. The summed E-state index contributed by atoms with van der Waals surface area (Å²) in [5.74, 6) is 0. The van der Waals surface area contributed by atoms with Crippen LogP contribution in [-0.2, 0) is 4.74 Å². The minimum Gasteiger partial charge on any atom is -0.379 e. The van der Waals surface area contributed by atoms with E-state index in [1.807, 2.05) is 36.2 Å². The van der Waals surface area contributed by atoms with Crippen molar-refractivity contribution in [1.82, 2.24) is 4.98 Å². The third-order valence-corrected chi connectivity index (χ3v) is 3.62. The molecule has 0 aliphatic carbocycles. The van der Waals surface area contributed by atoms with E-state index in [1.54, 1.807) is 0 Å². The molecule has 0 bridgehead atoms. The molecular weight excluding hydrogens is 196 g/mol. The molecule has 1 saturated heterocycles. The molecule has 1 aromatic heterocycles. The van der Waals surface area contributed by atoms with Gasteiger partial charge in [0.15, 0.2) is 0 Å². The molecule has 0 spiro atoms. The van der Waals surface area contributed by atoms with Gasteiger partial charge in [-0.1, -0.05) is 6.07 Å². The number of pyridine rings is 1. The van der Waals surface area contributed by atoms with Crippen LogP contribution in [0, 0.1) is 0 Å². The van der Waals surface area contributed by atoms with Crippen LogP contribution in [-0.4, -0.2) is 30.0 Å². The summed E-state index contributed by atoms with van der Waals surface area (Å²) in [6, 6.07) is 5.96. The van der Waals surface area contributed by atoms with Gasteiger partial charge in [0.05, 0.1) is 29.4 Å². The average molecular weight is 210 g/mol. The summed E-state index contributed by atoms with van der Waals surface area (Å²) in [5, 5.41) is 0.913. The van der Waals surface area contributed by atoms with Crippen LogP contribution in [0.25, 0.3) is 0 Å². The number of thioether (sulfide) groups is 1. The van der Waals surface area contributed by atoms with Crippen molar-refractivity contribution in [2.45, 2.75) is 10.5 Å². The Kier molecular flexibility index (Phi) is 3.39. The van der Waals surface area contributed by atoms with Gasteiger partial charge in [0, 0.05) is 12.7 Å². The summed E-state index contributed by atoms with van der Waals surface area (Å²) in [5.41, 5.74) is 6.81. The monoisotopic (exact) mass is 210 g/mol. The fourth-order valence-corrected chi connectivity index (χ4v) is 2.54. The van der Waals surface area contributed by atoms with Crippen molar-refractivity contribution in [2.24, 2.45) is 5.73 Å². The molecule has 0 saturated carbocycles. The minimum atomic E-state index is 0.310. The maximum absolute atomic E-state index is 5.73. The van der Waals surface area contributed by atoms with Gasteiger partial charge in [-0.15, -0.1) is 11.8 Å². The lowest BCUT2D eigenvalue weighted by Gasteiger charge is -2.28. The van der Waals surface area contributed by atoms with Gasteiger partial charge >= 0.3 is 0 Å². The van der Waals surface area contributed by atoms with E-state index in [0.717, 1.165) is 18.9 Å². The first-order valence-electron chi connectivity index (χ1n) is 4.74. The fraction of sp³-hybridized carbons (Fsp3) is 0.500. The number of nitrogens with zero attached hydrogens (tertiary/aromatic N) is 1. The summed E-state index contributed by atoms with van der Waals surface area (Å²) < 4.78 is 5.13. The number of hydrogen-bond acceptors (Lipinski definition) is 4. The van der Waals surface area contributed by atoms with Gasteiger partial charge in [-0.3, -0.25) is 4.98 Å². The highest BCUT2D eigenvalue weighted by molar-refractivity contribution is 8.00. The van der Waals surface area contributed by atoms with Crippen LogP contribution in [0.5, 0.6) is 0 Å². The molecule has 3 nitrogen and oxygen atoms in total. The Balaban J connectivity index is 1.98. The van der Waals surface area contributed by atoms with E-state index in [9.17, 15) is 0 Å². The Hall–Kier alpha value is -0.580. The molecule has 2 heterocycles. The predicted molar refractivity (Wildman–Crippen MR) is 58.2 cm³/mol. The van der Waals surface area contributed by atoms with Gasteiger partial charge in [-0.05, 0) is 12.1 Å². The Morgan fingerprint density at radius 2 is 2.43 bits per heavy atom. The maximum atomic E-state index is 5.73. The molecular formula is C10H14N2OS. The smallest absolute Gasteiger partial charge is 0.0608 e. The summed E-state index contributed by atoms with van der Waals surface area (Å²) in [6.07, 6.45) is 1.82. The number of rotatable bonds is 4. The first-order valence-corrected chi connectivity index (χ1v) is 5.68. The van der Waals surface area contributed by atoms with Gasteiger partial charge < -0.3 is 10.5 Å². The van der Waals surface area contributed by atoms with E-state index in [2.05, 4.69) is 4.98 Å². The molecule has 2 rings (SSSR count). The van der Waals surface area contributed by atoms with Gasteiger partial charge in [-0.2, -0.15) is 0 Å². The fourth-order valence-electron chi connectivity index (χ4n) is 1.34. The largest absolute Gasteiger partial charge is 0.379 e. The first kappa shape index (κ1) is 9.96. The molecule has 4 heteroatoms. The van der Waals surface area contributed by atoms with E-state index >= 15 is 0 Å². The molecule has 1 aromatic rings. The quantitative estimate of drug-likeness (QED) is 0.811. The average Bonchev–Trinajstić information content (AvgIpc) is 2.18. The second-order valence-electron chi connectivity index (χ2n) is 3.27. The van der Waals surface area contributed by atoms with Gasteiger partial charge in [0.1, 0.15) is 0 Å². The predicted octanol–water partition coefficient (Wildman–Crippen LogP) is 1.21. The van der Waals surface area contributed by atoms with Crippen LogP contribution in [0.1, 0.15) is 10.9 Å². The molecule has 76 valence electrons. The Morgan fingerprint density at radius 3 is 2.93 bits per heavy atom. The molecule has 0 radical (unpaired) electrons. The number of hydrogen-bond donors (Lipinski definition) is 1. The molecule has 1 fully saturated rings. The number of nitrogens with two attached hydrogens (primary N) is 1. The molecule has 2 N–H and O–H groups in total. The third-order valence-electron chi connectivity index (χ3n) is 2.20. The van der Waals surface area contributed by atoms with Crippen molar-refractivity contribution in [1.29, 1.82) is 0 Å². The van der Waals surface area contributed by atoms with Gasteiger partial charge in [0.25, 0.3) is 0 Å². The van der Waals surface area contributed by atoms with Crippen LogP contribution in [0.15, 0.2) is 24.4 Å². The van der Waals surface area contributed by atoms with Crippen LogP contribution < -0.4 is 5.73 Å². The van der Waals surface area contributed by atoms with Crippen molar-refractivity contribution >= 4 is 11.8 Å². The van der Waals surface area contributed by atoms with Crippen molar-refractivity contribution < 1.29 is 4.74 Å². The summed E-state index contributed by atoms with van der Waals surface area (Å²) in [6.45, 7) is 2.35. The number of ether oxygens (including phenoxy) is 1. The highest BCUT2D eigenvalue weighted by atomic mass is 32.2. The van der Waals surface area contributed by atoms with E-state index in [-0.39, 0.29) is 0 Å². The van der Waals surface area contributed by atoms with Crippen molar-refractivity contribution in [3.63, 3.8) is 0 Å². The van der Waals surface area contributed by atoms with Crippen LogP contribution in [0.4, 0.5) is 0 Å². The highest BCUT2D eigenvalue weighted by Gasteiger charge is 2.24. The SMILES string of the molecule is NCC(SC1COC1)c1ccccn1. The Morgan fingerprint density at radius 1 is 1.57 bits per heavy atom. The molecule has 1 aliphatic rings. The molecule has 1 unspecified atom stereocenters. The molecule has 14 heavy (non-hydrogen) atoms. The highest BCUT2D eigenvalue weighted by Crippen LogP contribution is 2.33. The lowest BCUT2D eigenvalue weighted by atomic mass is 10.3. The zero-order chi connectivity index (χ0) is 9.80. The van der Waals surface area contributed by atoms with E-state index < -0.39 is 0 Å². The third kappa shape index (κ3) is 2.26. The van der Waals surface area contributed by atoms with Crippen molar-refractivity contribution in [3.05, 3.63) is 30.1 Å². The van der Waals surface area contributed by atoms with E-state index in [1.165, 1.54) is 0 Å². The maximum Gasteiger partial charge on any atom is 0.0608 e. The first-order chi connectivity index (χ1) is 6.90. The number of aromatic nitrogens is 1. The molecule has 1 atom stereocenters. The van der Waals surface area contributed by atoms with Crippen molar-refractivity contribution in [3.8, 4) is 0 Å². The normalized spacial score (nSPS) is 18.9. The van der Waals surface area contributed by atoms with Crippen LogP contribution in [0.2, 0.25) is 0 Å². The summed E-state index contributed by atoms with van der Waals surface area (Å²) in [4.78, 5) is 4.32. The zero-order valence-corrected chi connectivity index (χ0v) is 8.74. The molecule has 1 aliphatic heterocycles. The van der Waals surface area contributed by atoms with Crippen molar-refractivity contribution in [2.75, 3.05) is 19.8 Å². The van der Waals surface area contributed by atoms with Gasteiger partial charge in [0.2, 0.25) is 0 Å². The lowest BCUT2D eigenvalue weighted by molar-refractivity contribution is 0.0453. The summed E-state index contributed by atoms with van der Waals surface area (Å²) in [7, 11) is 0. The molecule has 0 amide bonds. The minimum absolute atomic E-state index is 0.310. The second-order valence-corrected chi connectivity index (χ2v) is 4.78. The Labute approximate surface area is 88.0 Å². The van der Waals surface area contributed by atoms with Crippen LogP contribution in [0.3, 0.4) is 0 Å². The van der Waals surface area contributed by atoms with E-state index in [4.69, 9.17) is 10.5 Å². The van der Waals surface area contributed by atoms with E-state index in [0.29, 0.717) is 17.0 Å². The van der Waals surface area contributed by atoms with Gasteiger partial charge in [-0.25, -0.2) is 0 Å². The summed E-state index contributed by atoms with van der Waals surface area (Å²) >= 11 is 1.87. The Bertz CT molecular complexity index is 277. The van der Waals surface area contributed by atoms with Crippen LogP contribution >= 0.6 is 11.8 Å². The molecule has 0 aromatic carbocycles. The zero-order valence-electron chi connectivity index (χ0n) is 7.93. The standard InChI is InChI=1S/C10H14N2OS/c11-5-10(14-8-6-13-7-8)9-3-1-2-4-12-9/h1-4,8,10H,5-7,11H2. The second kappa shape index (κ2) is 4.77.